The summed E-state index contributed by atoms with van der Waals surface area (Å²) in [6, 6.07) is 6.69. The number of ether oxygens (including phenoxy) is 1. The van der Waals surface area contributed by atoms with Gasteiger partial charge in [0, 0.05) is 18.0 Å². The number of carbonyl (C=O) groups excluding carboxylic acids is 1. The molecule has 0 spiro atoms. The van der Waals surface area contributed by atoms with Crippen LogP contribution < -0.4 is 5.43 Å². The van der Waals surface area contributed by atoms with E-state index >= 15 is 0 Å². The largest absolute Gasteiger partial charge is 0.462 e. The van der Waals surface area contributed by atoms with Crippen LogP contribution >= 0.6 is 0 Å². The Morgan fingerprint density at radius 3 is 2.36 bits per heavy atom. The number of benzene rings is 2. The number of carbonyl (C=O) groups is 1. The van der Waals surface area contributed by atoms with Crippen LogP contribution in [0.1, 0.15) is 17.3 Å². The first-order valence-electron chi connectivity index (χ1n) is 7.40. The highest BCUT2D eigenvalue weighted by atomic mass is 19.2. The van der Waals surface area contributed by atoms with E-state index in [-0.39, 0.29) is 23.1 Å². The molecule has 0 aliphatic carbocycles. The molecule has 25 heavy (non-hydrogen) atoms. The van der Waals surface area contributed by atoms with Crippen molar-refractivity contribution in [1.82, 2.24) is 4.57 Å². The van der Waals surface area contributed by atoms with Crippen LogP contribution in [0.15, 0.2) is 47.4 Å². The minimum Gasteiger partial charge on any atom is -0.462 e. The minimum absolute atomic E-state index is 0.0450. The van der Waals surface area contributed by atoms with Crippen LogP contribution in [0.5, 0.6) is 0 Å². The van der Waals surface area contributed by atoms with E-state index in [1.54, 1.807) is 6.92 Å². The molecule has 7 heteroatoms. The first-order valence-corrected chi connectivity index (χ1v) is 7.40. The van der Waals surface area contributed by atoms with E-state index in [0.717, 1.165) is 12.1 Å². The SMILES string of the molecule is CCOC(=O)c1cn(-c2ccc(F)cc2)c2cc(F)c(F)cc2c1=O. The summed E-state index contributed by atoms with van der Waals surface area (Å²) in [7, 11) is 0. The lowest BCUT2D eigenvalue weighted by molar-refractivity contribution is 0.0524. The van der Waals surface area contributed by atoms with Gasteiger partial charge in [0.1, 0.15) is 11.4 Å². The van der Waals surface area contributed by atoms with Gasteiger partial charge in [-0.3, -0.25) is 4.79 Å². The van der Waals surface area contributed by atoms with Gasteiger partial charge in [-0.15, -0.1) is 0 Å². The first-order chi connectivity index (χ1) is 11.9. The van der Waals surface area contributed by atoms with Gasteiger partial charge in [-0.1, -0.05) is 0 Å². The predicted molar refractivity (Wildman–Crippen MR) is 85.4 cm³/mol. The molecular formula is C18H12F3NO3. The number of nitrogens with zero attached hydrogens (tertiary/aromatic N) is 1. The molecule has 0 saturated carbocycles. The molecule has 0 aliphatic heterocycles. The fourth-order valence-corrected chi connectivity index (χ4v) is 2.49. The molecule has 128 valence electrons. The standard InChI is InChI=1S/C18H12F3NO3/c1-2-25-18(24)13-9-22(11-5-3-10(19)4-6-11)16-8-15(21)14(20)7-12(16)17(13)23/h3-9H,2H2,1H3. The predicted octanol–water partition coefficient (Wildman–Crippen LogP) is 3.58. The van der Waals surface area contributed by atoms with Crippen LogP contribution in [0.2, 0.25) is 0 Å². The van der Waals surface area contributed by atoms with Crippen molar-refractivity contribution >= 4 is 16.9 Å². The topological polar surface area (TPSA) is 48.3 Å². The monoisotopic (exact) mass is 347 g/mol. The Kier molecular flexibility index (Phi) is 4.31. The normalized spacial score (nSPS) is 10.9. The molecule has 1 heterocycles. The van der Waals surface area contributed by atoms with Crippen LogP contribution in [0.3, 0.4) is 0 Å². The number of hydrogen-bond donors (Lipinski definition) is 0. The smallest absolute Gasteiger partial charge is 0.343 e. The number of esters is 1. The lowest BCUT2D eigenvalue weighted by atomic mass is 10.1. The first kappa shape index (κ1) is 16.8. The Balaban J connectivity index is 2.39. The van der Waals surface area contributed by atoms with Crippen molar-refractivity contribution in [2.45, 2.75) is 6.92 Å². The maximum Gasteiger partial charge on any atom is 0.343 e. The Bertz CT molecular complexity index is 1030. The quantitative estimate of drug-likeness (QED) is 0.681. The Morgan fingerprint density at radius 2 is 1.72 bits per heavy atom. The lowest BCUT2D eigenvalue weighted by Gasteiger charge is -2.13. The third kappa shape index (κ3) is 3.00. The lowest BCUT2D eigenvalue weighted by Crippen LogP contribution is -2.21. The third-order valence-corrected chi connectivity index (χ3v) is 3.65. The van der Waals surface area contributed by atoms with Gasteiger partial charge in [-0.2, -0.15) is 0 Å². The summed E-state index contributed by atoms with van der Waals surface area (Å²) in [5.41, 5.74) is -0.693. The number of aromatic nitrogens is 1. The van der Waals surface area contributed by atoms with Crippen LogP contribution in [0.25, 0.3) is 16.6 Å². The summed E-state index contributed by atoms with van der Waals surface area (Å²) >= 11 is 0. The summed E-state index contributed by atoms with van der Waals surface area (Å²) in [6.45, 7) is 1.62. The highest BCUT2D eigenvalue weighted by Gasteiger charge is 2.19. The molecular weight excluding hydrogens is 335 g/mol. The molecule has 2 aromatic carbocycles. The summed E-state index contributed by atoms with van der Waals surface area (Å²) in [4.78, 5) is 24.5. The summed E-state index contributed by atoms with van der Waals surface area (Å²) in [5.74, 6) is -3.73. The molecule has 0 bridgehead atoms. The van der Waals surface area contributed by atoms with Crippen molar-refractivity contribution in [3.63, 3.8) is 0 Å². The molecule has 1 aromatic heterocycles. The molecule has 0 amide bonds. The average molecular weight is 347 g/mol. The van der Waals surface area contributed by atoms with Gasteiger partial charge >= 0.3 is 5.97 Å². The van der Waals surface area contributed by atoms with Gasteiger partial charge in [0.05, 0.1) is 17.5 Å². The second-order valence-corrected chi connectivity index (χ2v) is 5.22. The number of hydrogen-bond acceptors (Lipinski definition) is 3. The van der Waals surface area contributed by atoms with Crippen molar-refractivity contribution in [2.75, 3.05) is 6.61 Å². The van der Waals surface area contributed by atoms with Gasteiger partial charge in [-0.05, 0) is 37.3 Å². The van der Waals surface area contributed by atoms with Crippen molar-refractivity contribution in [1.29, 1.82) is 0 Å². The molecule has 4 nitrogen and oxygen atoms in total. The Hall–Kier alpha value is -3.09. The van der Waals surface area contributed by atoms with Crippen LogP contribution in [0.4, 0.5) is 13.2 Å². The maximum absolute atomic E-state index is 13.7. The van der Waals surface area contributed by atoms with Gasteiger partial charge in [-0.25, -0.2) is 18.0 Å². The van der Waals surface area contributed by atoms with E-state index in [9.17, 15) is 22.8 Å². The van der Waals surface area contributed by atoms with Crippen LogP contribution in [-0.2, 0) is 4.74 Å². The molecule has 0 unspecified atom stereocenters. The molecule has 0 fully saturated rings. The number of pyridine rings is 1. The summed E-state index contributed by atoms with van der Waals surface area (Å²) in [5, 5.41) is -0.186. The van der Waals surface area contributed by atoms with Crippen molar-refractivity contribution < 1.29 is 22.7 Å². The van der Waals surface area contributed by atoms with E-state index in [2.05, 4.69) is 0 Å². The molecule has 0 radical (unpaired) electrons. The molecule has 0 aliphatic rings. The average Bonchev–Trinajstić information content (AvgIpc) is 2.58. The van der Waals surface area contributed by atoms with Crippen molar-refractivity contribution in [2.24, 2.45) is 0 Å². The molecule has 0 atom stereocenters. The van der Waals surface area contributed by atoms with Gasteiger partial charge in [0.2, 0.25) is 5.43 Å². The van der Waals surface area contributed by atoms with E-state index in [4.69, 9.17) is 4.74 Å². The maximum atomic E-state index is 13.7. The Morgan fingerprint density at radius 1 is 1.08 bits per heavy atom. The zero-order chi connectivity index (χ0) is 18.1. The highest BCUT2D eigenvalue weighted by Crippen LogP contribution is 2.21. The fourth-order valence-electron chi connectivity index (χ4n) is 2.49. The van der Waals surface area contributed by atoms with Crippen molar-refractivity contribution in [3.8, 4) is 5.69 Å². The van der Waals surface area contributed by atoms with Gasteiger partial charge < -0.3 is 9.30 Å². The number of rotatable bonds is 3. The van der Waals surface area contributed by atoms with Crippen molar-refractivity contribution in [3.05, 3.63) is 75.8 Å². The Labute approximate surface area is 140 Å². The van der Waals surface area contributed by atoms with E-state index in [1.165, 1.54) is 35.0 Å². The number of fused-ring (bicyclic) bond motifs is 1. The van der Waals surface area contributed by atoms with Gasteiger partial charge in [0.15, 0.2) is 11.6 Å². The van der Waals surface area contributed by atoms with Gasteiger partial charge in [0.25, 0.3) is 0 Å². The number of halogens is 3. The summed E-state index contributed by atoms with van der Waals surface area (Å²) < 4.78 is 46.6. The van der Waals surface area contributed by atoms with Crippen LogP contribution in [0, 0.1) is 17.5 Å². The fraction of sp³-hybridized carbons (Fsp3) is 0.111. The minimum atomic E-state index is -1.21. The molecule has 3 aromatic rings. The summed E-state index contributed by atoms with van der Waals surface area (Å²) in [6.07, 6.45) is 1.17. The van der Waals surface area contributed by atoms with E-state index in [1.807, 2.05) is 0 Å². The zero-order valence-electron chi connectivity index (χ0n) is 13.1. The molecule has 0 saturated heterocycles. The third-order valence-electron chi connectivity index (χ3n) is 3.65. The molecule has 0 N–H and O–H groups in total. The van der Waals surface area contributed by atoms with E-state index in [0.29, 0.717) is 5.69 Å². The zero-order valence-corrected chi connectivity index (χ0v) is 13.1. The van der Waals surface area contributed by atoms with Crippen LogP contribution in [-0.4, -0.2) is 17.1 Å². The second-order valence-electron chi connectivity index (χ2n) is 5.22. The van der Waals surface area contributed by atoms with E-state index < -0.39 is 28.8 Å². The second kappa shape index (κ2) is 6.43. The molecule has 3 rings (SSSR count). The highest BCUT2D eigenvalue weighted by molar-refractivity contribution is 5.94.